The van der Waals surface area contributed by atoms with E-state index in [4.69, 9.17) is 28.9 Å². The van der Waals surface area contributed by atoms with Crippen LogP contribution in [-0.4, -0.2) is 23.9 Å². The second-order valence-electron chi connectivity index (χ2n) is 4.32. The quantitative estimate of drug-likeness (QED) is 0.854. The van der Waals surface area contributed by atoms with E-state index in [-0.39, 0.29) is 18.0 Å². The predicted molar refractivity (Wildman–Crippen MR) is 69.2 cm³/mol. The molecule has 2 unspecified atom stereocenters. The number of halogens is 2. The fourth-order valence-electron chi connectivity index (χ4n) is 2.25. The highest BCUT2D eigenvalue weighted by atomic mass is 35.5. The molecule has 5 heteroatoms. The standard InChI is InChI=1S/C12H14Cl2N2O/c1-16-11(17)5-4-10(15)12(16)8-3-2-7(13)6-9(8)14/h2-3,6,10,12H,4-5,15H2,1H3. The van der Waals surface area contributed by atoms with E-state index in [1.807, 2.05) is 6.07 Å². The molecule has 0 radical (unpaired) electrons. The van der Waals surface area contributed by atoms with Crippen molar-refractivity contribution in [2.24, 2.45) is 5.73 Å². The summed E-state index contributed by atoms with van der Waals surface area (Å²) in [5.74, 6) is 0.0997. The van der Waals surface area contributed by atoms with Gasteiger partial charge >= 0.3 is 0 Å². The van der Waals surface area contributed by atoms with Gasteiger partial charge in [0.1, 0.15) is 0 Å². The highest BCUT2D eigenvalue weighted by Gasteiger charge is 2.33. The van der Waals surface area contributed by atoms with Gasteiger partial charge in [0.25, 0.3) is 0 Å². The minimum absolute atomic E-state index is 0.0867. The lowest BCUT2D eigenvalue weighted by molar-refractivity contribution is -0.135. The van der Waals surface area contributed by atoms with Gasteiger partial charge in [0, 0.05) is 29.6 Å². The fourth-order valence-corrected chi connectivity index (χ4v) is 2.77. The summed E-state index contributed by atoms with van der Waals surface area (Å²) in [6.45, 7) is 0. The fraction of sp³-hybridized carbons (Fsp3) is 0.417. The highest BCUT2D eigenvalue weighted by molar-refractivity contribution is 6.35. The van der Waals surface area contributed by atoms with Gasteiger partial charge in [0.05, 0.1) is 6.04 Å². The Hall–Kier alpha value is -0.770. The van der Waals surface area contributed by atoms with Gasteiger partial charge in [-0.25, -0.2) is 0 Å². The largest absolute Gasteiger partial charge is 0.337 e. The average molecular weight is 273 g/mol. The number of likely N-dealkylation sites (tertiary alicyclic amines) is 1. The molecule has 1 aliphatic heterocycles. The lowest BCUT2D eigenvalue weighted by Gasteiger charge is -2.37. The molecule has 2 N–H and O–H groups in total. The van der Waals surface area contributed by atoms with Gasteiger partial charge in [0.2, 0.25) is 5.91 Å². The van der Waals surface area contributed by atoms with Crippen LogP contribution in [0.2, 0.25) is 10.0 Å². The van der Waals surface area contributed by atoms with Crippen LogP contribution in [0.5, 0.6) is 0 Å². The molecule has 1 amide bonds. The molecule has 1 aromatic carbocycles. The molecular weight excluding hydrogens is 259 g/mol. The lowest BCUT2D eigenvalue weighted by Crippen LogP contribution is -2.46. The van der Waals surface area contributed by atoms with E-state index in [0.29, 0.717) is 22.9 Å². The van der Waals surface area contributed by atoms with E-state index >= 15 is 0 Å². The lowest BCUT2D eigenvalue weighted by atomic mass is 9.91. The minimum Gasteiger partial charge on any atom is -0.337 e. The predicted octanol–water partition coefficient (Wildman–Crippen LogP) is 2.61. The molecule has 1 aromatic rings. The molecule has 17 heavy (non-hydrogen) atoms. The normalized spacial score (nSPS) is 25.2. The molecule has 1 heterocycles. The number of carbonyl (C=O) groups excluding carboxylic acids is 1. The van der Waals surface area contributed by atoms with Crippen molar-refractivity contribution in [1.82, 2.24) is 4.90 Å². The summed E-state index contributed by atoms with van der Waals surface area (Å²) < 4.78 is 0. The maximum Gasteiger partial charge on any atom is 0.222 e. The number of likely N-dealkylation sites (N-methyl/N-ethyl adjacent to an activating group) is 1. The van der Waals surface area contributed by atoms with Gasteiger partial charge in [-0.2, -0.15) is 0 Å². The number of rotatable bonds is 1. The molecule has 0 aliphatic carbocycles. The molecule has 0 saturated carbocycles. The molecule has 1 saturated heterocycles. The summed E-state index contributed by atoms with van der Waals surface area (Å²) in [7, 11) is 1.76. The molecule has 0 spiro atoms. The smallest absolute Gasteiger partial charge is 0.222 e. The van der Waals surface area contributed by atoms with Crippen molar-refractivity contribution in [2.45, 2.75) is 24.9 Å². The zero-order valence-electron chi connectivity index (χ0n) is 9.49. The van der Waals surface area contributed by atoms with Crippen molar-refractivity contribution >= 4 is 29.1 Å². The van der Waals surface area contributed by atoms with Gasteiger partial charge < -0.3 is 10.6 Å². The first-order chi connectivity index (χ1) is 8.00. The van der Waals surface area contributed by atoms with E-state index in [0.717, 1.165) is 5.56 Å². The van der Waals surface area contributed by atoms with Crippen LogP contribution in [0.4, 0.5) is 0 Å². The molecule has 1 fully saturated rings. The maximum atomic E-state index is 11.7. The minimum atomic E-state index is -0.166. The van der Waals surface area contributed by atoms with Crippen LogP contribution in [-0.2, 0) is 4.79 Å². The monoisotopic (exact) mass is 272 g/mol. The van der Waals surface area contributed by atoms with Crippen molar-refractivity contribution < 1.29 is 4.79 Å². The summed E-state index contributed by atoms with van der Waals surface area (Å²) in [6, 6.07) is 5.03. The van der Waals surface area contributed by atoms with E-state index in [9.17, 15) is 4.79 Å². The average Bonchev–Trinajstić information content (AvgIpc) is 2.27. The highest BCUT2D eigenvalue weighted by Crippen LogP contribution is 2.34. The third-order valence-corrected chi connectivity index (χ3v) is 3.75. The topological polar surface area (TPSA) is 46.3 Å². The molecule has 92 valence electrons. The number of nitrogens with two attached hydrogens (primary N) is 1. The van der Waals surface area contributed by atoms with Crippen LogP contribution < -0.4 is 5.73 Å². The summed E-state index contributed by atoms with van der Waals surface area (Å²) in [4.78, 5) is 13.4. The van der Waals surface area contributed by atoms with Crippen LogP contribution in [0.15, 0.2) is 18.2 Å². The Bertz CT molecular complexity index is 450. The Balaban J connectivity index is 2.39. The molecule has 0 bridgehead atoms. The Morgan fingerprint density at radius 2 is 2.12 bits per heavy atom. The van der Waals surface area contributed by atoms with E-state index in [1.54, 1.807) is 24.1 Å². The third-order valence-electron chi connectivity index (χ3n) is 3.19. The molecule has 3 nitrogen and oxygen atoms in total. The second-order valence-corrected chi connectivity index (χ2v) is 5.16. The van der Waals surface area contributed by atoms with Gasteiger partial charge in [-0.3, -0.25) is 4.79 Å². The number of benzene rings is 1. The third kappa shape index (κ3) is 2.41. The van der Waals surface area contributed by atoms with Gasteiger partial charge in [-0.15, -0.1) is 0 Å². The summed E-state index contributed by atoms with van der Waals surface area (Å²) in [5, 5.41) is 1.14. The summed E-state index contributed by atoms with van der Waals surface area (Å²) >= 11 is 12.0. The van der Waals surface area contributed by atoms with Gasteiger partial charge in [-0.1, -0.05) is 29.3 Å². The van der Waals surface area contributed by atoms with Crippen LogP contribution in [0.3, 0.4) is 0 Å². The van der Waals surface area contributed by atoms with E-state index in [2.05, 4.69) is 0 Å². The van der Waals surface area contributed by atoms with E-state index in [1.165, 1.54) is 0 Å². The Morgan fingerprint density at radius 1 is 1.41 bits per heavy atom. The van der Waals surface area contributed by atoms with Gasteiger partial charge in [0.15, 0.2) is 0 Å². The van der Waals surface area contributed by atoms with Crippen LogP contribution in [0, 0.1) is 0 Å². The Morgan fingerprint density at radius 3 is 2.76 bits per heavy atom. The van der Waals surface area contributed by atoms with Crippen molar-refractivity contribution in [3.8, 4) is 0 Å². The summed E-state index contributed by atoms with van der Waals surface area (Å²) in [5.41, 5.74) is 6.95. The van der Waals surface area contributed by atoms with Gasteiger partial charge in [-0.05, 0) is 24.1 Å². The maximum absolute atomic E-state index is 11.7. The summed E-state index contributed by atoms with van der Waals surface area (Å²) in [6.07, 6.45) is 1.19. The molecule has 1 aliphatic rings. The number of hydrogen-bond donors (Lipinski definition) is 1. The molecule has 2 atom stereocenters. The van der Waals surface area contributed by atoms with Crippen LogP contribution >= 0.6 is 23.2 Å². The Labute approximate surface area is 110 Å². The first kappa shape index (κ1) is 12.7. The second kappa shape index (κ2) is 4.84. The Kier molecular flexibility index (Phi) is 3.61. The first-order valence-corrected chi connectivity index (χ1v) is 6.22. The zero-order chi connectivity index (χ0) is 12.6. The molecule has 0 aromatic heterocycles. The van der Waals surface area contributed by atoms with Crippen LogP contribution in [0.1, 0.15) is 24.4 Å². The number of nitrogens with zero attached hydrogens (tertiary/aromatic N) is 1. The number of piperidine rings is 1. The van der Waals surface area contributed by atoms with Crippen molar-refractivity contribution in [3.63, 3.8) is 0 Å². The number of carbonyl (C=O) groups is 1. The van der Waals surface area contributed by atoms with E-state index < -0.39 is 0 Å². The number of amides is 1. The molecule has 2 rings (SSSR count). The number of hydrogen-bond acceptors (Lipinski definition) is 2. The van der Waals surface area contributed by atoms with Crippen molar-refractivity contribution in [3.05, 3.63) is 33.8 Å². The van der Waals surface area contributed by atoms with Crippen molar-refractivity contribution in [2.75, 3.05) is 7.05 Å². The first-order valence-electron chi connectivity index (χ1n) is 5.47. The van der Waals surface area contributed by atoms with Crippen LogP contribution in [0.25, 0.3) is 0 Å². The zero-order valence-corrected chi connectivity index (χ0v) is 11.0. The van der Waals surface area contributed by atoms with Crippen molar-refractivity contribution in [1.29, 1.82) is 0 Å². The SMILES string of the molecule is CN1C(=O)CCC(N)C1c1ccc(Cl)cc1Cl. The molecular formula is C12H14Cl2N2O.